The highest BCUT2D eigenvalue weighted by Gasteiger charge is 2.07. The van der Waals surface area contributed by atoms with Crippen LogP contribution in [0.4, 0.5) is 4.39 Å². The van der Waals surface area contributed by atoms with Gasteiger partial charge in [0.05, 0.1) is 18.7 Å². The summed E-state index contributed by atoms with van der Waals surface area (Å²) in [6.07, 6.45) is 0.182. The van der Waals surface area contributed by atoms with Gasteiger partial charge >= 0.3 is 0 Å². The van der Waals surface area contributed by atoms with Crippen LogP contribution in [0.25, 0.3) is 0 Å². The Morgan fingerprint density at radius 2 is 2.21 bits per heavy atom. The van der Waals surface area contributed by atoms with Gasteiger partial charge in [-0.15, -0.1) is 11.3 Å². The quantitative estimate of drug-likeness (QED) is 0.934. The molecule has 5 heteroatoms. The third-order valence-electron chi connectivity index (χ3n) is 2.76. The molecule has 1 aromatic carbocycles. The van der Waals surface area contributed by atoms with Gasteiger partial charge in [-0.25, -0.2) is 9.37 Å². The Morgan fingerprint density at radius 1 is 1.42 bits per heavy atom. The summed E-state index contributed by atoms with van der Waals surface area (Å²) >= 11 is 1.58. The lowest BCUT2D eigenvalue weighted by Gasteiger charge is -2.03. The van der Waals surface area contributed by atoms with Crippen LogP contribution in [-0.2, 0) is 17.8 Å². The molecule has 0 aliphatic rings. The van der Waals surface area contributed by atoms with Crippen molar-refractivity contribution in [1.82, 2.24) is 10.3 Å². The standard InChI is InChI=1S/C14H15FN2OS/c1-9-10(2)19-14(17-9)8-16-13(18)7-11-4-3-5-12(15)6-11/h3-6H,7-8H2,1-2H3,(H,16,18). The van der Waals surface area contributed by atoms with Gasteiger partial charge in [-0.3, -0.25) is 4.79 Å². The Hall–Kier alpha value is -1.75. The van der Waals surface area contributed by atoms with Gasteiger partial charge in [0.2, 0.25) is 5.91 Å². The molecule has 0 radical (unpaired) electrons. The Kier molecular flexibility index (Phi) is 4.27. The average Bonchev–Trinajstić information content (AvgIpc) is 2.66. The third-order valence-corrected chi connectivity index (χ3v) is 3.84. The molecule has 0 fully saturated rings. The van der Waals surface area contributed by atoms with Crippen LogP contribution >= 0.6 is 11.3 Å². The monoisotopic (exact) mass is 278 g/mol. The second kappa shape index (κ2) is 5.93. The van der Waals surface area contributed by atoms with Crippen molar-refractivity contribution >= 4 is 17.2 Å². The molecule has 100 valence electrons. The maximum absolute atomic E-state index is 13.0. The van der Waals surface area contributed by atoms with Crippen molar-refractivity contribution in [2.45, 2.75) is 26.8 Å². The van der Waals surface area contributed by atoms with E-state index in [0.29, 0.717) is 12.1 Å². The van der Waals surface area contributed by atoms with Crippen molar-refractivity contribution in [2.24, 2.45) is 0 Å². The van der Waals surface area contributed by atoms with Gasteiger partial charge in [-0.05, 0) is 31.5 Å². The number of amides is 1. The molecule has 0 bridgehead atoms. The smallest absolute Gasteiger partial charge is 0.224 e. The number of aromatic nitrogens is 1. The summed E-state index contributed by atoms with van der Waals surface area (Å²) in [4.78, 5) is 17.2. The van der Waals surface area contributed by atoms with E-state index in [1.807, 2.05) is 13.8 Å². The van der Waals surface area contributed by atoms with E-state index in [1.165, 1.54) is 12.1 Å². The van der Waals surface area contributed by atoms with Gasteiger partial charge in [0.1, 0.15) is 10.8 Å². The van der Waals surface area contributed by atoms with Crippen molar-refractivity contribution < 1.29 is 9.18 Å². The molecule has 0 aliphatic heterocycles. The van der Waals surface area contributed by atoms with Gasteiger partial charge in [-0.2, -0.15) is 0 Å². The SMILES string of the molecule is Cc1nc(CNC(=O)Cc2cccc(F)c2)sc1C. The molecule has 0 atom stereocenters. The normalized spacial score (nSPS) is 10.5. The zero-order chi connectivity index (χ0) is 13.8. The summed E-state index contributed by atoms with van der Waals surface area (Å²) in [6.45, 7) is 4.38. The first-order chi connectivity index (χ1) is 9.04. The predicted molar refractivity (Wildman–Crippen MR) is 73.5 cm³/mol. The van der Waals surface area contributed by atoms with Crippen LogP contribution in [0, 0.1) is 19.7 Å². The first-order valence-corrected chi connectivity index (χ1v) is 6.80. The number of thiazole rings is 1. The van der Waals surface area contributed by atoms with Crippen molar-refractivity contribution in [3.63, 3.8) is 0 Å². The molecule has 1 aromatic heterocycles. The molecular weight excluding hydrogens is 263 g/mol. The molecule has 2 aromatic rings. The lowest BCUT2D eigenvalue weighted by atomic mass is 10.1. The summed E-state index contributed by atoms with van der Waals surface area (Å²) in [5.41, 5.74) is 1.67. The summed E-state index contributed by atoms with van der Waals surface area (Å²) in [7, 11) is 0. The number of carbonyl (C=O) groups is 1. The maximum atomic E-state index is 13.0. The summed E-state index contributed by atoms with van der Waals surface area (Å²) < 4.78 is 13.0. The third kappa shape index (κ3) is 3.86. The minimum Gasteiger partial charge on any atom is -0.349 e. The molecule has 1 amide bonds. The predicted octanol–water partition coefficient (Wildman–Crippen LogP) is 2.76. The fourth-order valence-corrected chi connectivity index (χ4v) is 2.56. The second-order valence-corrected chi connectivity index (χ2v) is 5.62. The second-order valence-electron chi connectivity index (χ2n) is 4.33. The lowest BCUT2D eigenvalue weighted by molar-refractivity contribution is -0.120. The van der Waals surface area contributed by atoms with Crippen molar-refractivity contribution in [3.8, 4) is 0 Å². The molecule has 2 rings (SSSR count). The lowest BCUT2D eigenvalue weighted by Crippen LogP contribution is -2.24. The van der Waals surface area contributed by atoms with E-state index >= 15 is 0 Å². The zero-order valence-corrected chi connectivity index (χ0v) is 11.7. The summed E-state index contributed by atoms with van der Waals surface area (Å²) in [5, 5.41) is 3.69. The topological polar surface area (TPSA) is 42.0 Å². The highest BCUT2D eigenvalue weighted by molar-refractivity contribution is 7.11. The van der Waals surface area contributed by atoms with Crippen molar-refractivity contribution in [3.05, 3.63) is 51.2 Å². The number of nitrogens with one attached hydrogen (secondary N) is 1. The minimum absolute atomic E-state index is 0.129. The molecule has 1 N–H and O–H groups in total. The van der Waals surface area contributed by atoms with Crippen LogP contribution in [0.1, 0.15) is 21.1 Å². The van der Waals surface area contributed by atoms with E-state index < -0.39 is 0 Å². The molecule has 0 saturated heterocycles. The average molecular weight is 278 g/mol. The number of halogens is 1. The van der Waals surface area contributed by atoms with E-state index in [9.17, 15) is 9.18 Å². The van der Waals surface area contributed by atoms with E-state index in [0.717, 1.165) is 15.6 Å². The van der Waals surface area contributed by atoms with Crippen LogP contribution in [0.3, 0.4) is 0 Å². The molecule has 0 saturated carbocycles. The maximum Gasteiger partial charge on any atom is 0.224 e. The Balaban J connectivity index is 1.88. The van der Waals surface area contributed by atoms with Crippen molar-refractivity contribution in [1.29, 1.82) is 0 Å². The first kappa shape index (κ1) is 13.7. The number of benzene rings is 1. The molecular formula is C14H15FN2OS. The van der Waals surface area contributed by atoms with Gasteiger partial charge in [0.15, 0.2) is 0 Å². The number of carbonyl (C=O) groups excluding carboxylic acids is 1. The number of nitrogens with zero attached hydrogens (tertiary/aromatic N) is 1. The fourth-order valence-electron chi connectivity index (χ4n) is 1.68. The fraction of sp³-hybridized carbons (Fsp3) is 0.286. The van der Waals surface area contributed by atoms with Gasteiger partial charge in [0, 0.05) is 4.88 Å². The summed E-state index contributed by atoms with van der Waals surface area (Å²) in [5.74, 6) is -0.451. The van der Waals surface area contributed by atoms with Crippen LogP contribution in [0.15, 0.2) is 24.3 Å². The molecule has 0 aliphatic carbocycles. The van der Waals surface area contributed by atoms with E-state index in [2.05, 4.69) is 10.3 Å². The number of hydrogen-bond acceptors (Lipinski definition) is 3. The largest absolute Gasteiger partial charge is 0.349 e. The Bertz CT molecular complexity index is 575. The van der Waals surface area contributed by atoms with Crippen molar-refractivity contribution in [2.75, 3.05) is 0 Å². The molecule has 19 heavy (non-hydrogen) atoms. The molecule has 0 unspecified atom stereocenters. The zero-order valence-electron chi connectivity index (χ0n) is 10.9. The van der Waals surface area contributed by atoms with E-state index in [-0.39, 0.29) is 18.1 Å². The van der Waals surface area contributed by atoms with Gasteiger partial charge in [-0.1, -0.05) is 12.1 Å². The van der Waals surface area contributed by atoms with E-state index in [1.54, 1.807) is 23.5 Å². The van der Waals surface area contributed by atoms with E-state index in [4.69, 9.17) is 0 Å². The van der Waals surface area contributed by atoms with Gasteiger partial charge < -0.3 is 5.32 Å². The molecule has 3 nitrogen and oxygen atoms in total. The van der Waals surface area contributed by atoms with Crippen LogP contribution in [0.2, 0.25) is 0 Å². The number of aryl methyl sites for hydroxylation is 2. The van der Waals surface area contributed by atoms with Crippen LogP contribution in [-0.4, -0.2) is 10.9 Å². The minimum atomic E-state index is -0.323. The van der Waals surface area contributed by atoms with Crippen LogP contribution < -0.4 is 5.32 Å². The highest BCUT2D eigenvalue weighted by Crippen LogP contribution is 2.16. The highest BCUT2D eigenvalue weighted by atomic mass is 32.1. The Labute approximate surface area is 115 Å². The summed E-state index contributed by atoms with van der Waals surface area (Å²) in [6, 6.07) is 6.08. The molecule has 1 heterocycles. The number of hydrogen-bond donors (Lipinski definition) is 1. The van der Waals surface area contributed by atoms with Gasteiger partial charge in [0.25, 0.3) is 0 Å². The number of rotatable bonds is 4. The Morgan fingerprint density at radius 3 is 2.84 bits per heavy atom. The van der Waals surface area contributed by atoms with Crippen LogP contribution in [0.5, 0.6) is 0 Å². The first-order valence-electron chi connectivity index (χ1n) is 5.98. The molecule has 0 spiro atoms.